The fourth-order valence-electron chi connectivity index (χ4n) is 1.37. The molecule has 17 heavy (non-hydrogen) atoms. The highest BCUT2D eigenvalue weighted by Gasteiger charge is 1.97. The van der Waals surface area contributed by atoms with Crippen molar-refractivity contribution in [3.63, 3.8) is 0 Å². The summed E-state index contributed by atoms with van der Waals surface area (Å²) in [5.74, 6) is 0.631. The first-order valence-electron chi connectivity index (χ1n) is 5.08. The number of hydrogen-bond donors (Lipinski definition) is 2. The van der Waals surface area contributed by atoms with Gasteiger partial charge in [-0.3, -0.25) is 0 Å². The number of benzene rings is 1. The summed E-state index contributed by atoms with van der Waals surface area (Å²) in [4.78, 5) is 7.98. The first-order valence-corrected chi connectivity index (χ1v) is 5.08. The van der Waals surface area contributed by atoms with Gasteiger partial charge in [0.1, 0.15) is 11.9 Å². The summed E-state index contributed by atoms with van der Waals surface area (Å²) in [6.07, 6.45) is 2.96. The van der Waals surface area contributed by atoms with Crippen molar-refractivity contribution in [2.75, 3.05) is 11.1 Å². The Morgan fingerprint density at radius 1 is 1.29 bits per heavy atom. The highest BCUT2D eigenvalue weighted by molar-refractivity contribution is 5.42. The molecule has 3 N–H and O–H groups in total. The van der Waals surface area contributed by atoms with E-state index in [4.69, 9.17) is 11.0 Å². The van der Waals surface area contributed by atoms with Crippen LogP contribution >= 0.6 is 0 Å². The third-order valence-electron chi connectivity index (χ3n) is 2.19. The summed E-state index contributed by atoms with van der Waals surface area (Å²) in [6.45, 7) is 0.617. The average Bonchev–Trinajstić information content (AvgIpc) is 2.37. The maximum Gasteiger partial charge on any atom is 0.158 e. The smallest absolute Gasteiger partial charge is 0.158 e. The SMILES string of the molecule is N#Cc1cnc(NCc2cccc(N)c2)cn1. The quantitative estimate of drug-likeness (QED) is 0.773. The molecule has 2 rings (SSSR count). The van der Waals surface area contributed by atoms with E-state index in [1.807, 2.05) is 30.3 Å². The van der Waals surface area contributed by atoms with Gasteiger partial charge >= 0.3 is 0 Å². The monoisotopic (exact) mass is 225 g/mol. The molecular formula is C12H11N5. The summed E-state index contributed by atoms with van der Waals surface area (Å²) in [7, 11) is 0. The van der Waals surface area contributed by atoms with Crippen LogP contribution in [0.5, 0.6) is 0 Å². The second-order valence-corrected chi connectivity index (χ2v) is 3.50. The lowest BCUT2D eigenvalue weighted by Gasteiger charge is -2.05. The van der Waals surface area contributed by atoms with Crippen LogP contribution in [0, 0.1) is 11.3 Å². The molecule has 5 nitrogen and oxygen atoms in total. The third-order valence-corrected chi connectivity index (χ3v) is 2.19. The van der Waals surface area contributed by atoms with E-state index in [1.165, 1.54) is 12.4 Å². The van der Waals surface area contributed by atoms with Gasteiger partial charge in [0, 0.05) is 12.2 Å². The Kier molecular flexibility index (Phi) is 3.17. The molecule has 5 heteroatoms. The van der Waals surface area contributed by atoms with Crippen molar-refractivity contribution in [1.29, 1.82) is 5.26 Å². The lowest BCUT2D eigenvalue weighted by molar-refractivity contribution is 1.08. The van der Waals surface area contributed by atoms with Crippen LogP contribution in [0.25, 0.3) is 0 Å². The van der Waals surface area contributed by atoms with E-state index >= 15 is 0 Å². The number of nitriles is 1. The van der Waals surface area contributed by atoms with Crippen molar-refractivity contribution in [1.82, 2.24) is 9.97 Å². The van der Waals surface area contributed by atoms with Crippen LogP contribution in [0.4, 0.5) is 11.5 Å². The molecular weight excluding hydrogens is 214 g/mol. The van der Waals surface area contributed by atoms with Gasteiger partial charge in [0.15, 0.2) is 5.69 Å². The molecule has 0 unspecified atom stereocenters. The molecule has 1 aromatic carbocycles. The Hall–Kier alpha value is -2.61. The molecule has 0 amide bonds. The average molecular weight is 225 g/mol. The van der Waals surface area contributed by atoms with Crippen molar-refractivity contribution in [3.8, 4) is 6.07 Å². The van der Waals surface area contributed by atoms with Gasteiger partial charge in [-0.15, -0.1) is 0 Å². The standard InChI is InChI=1S/C12H11N5/c13-5-11-7-17-12(8-15-11)16-6-9-2-1-3-10(14)4-9/h1-4,7-8H,6,14H2,(H,16,17). The fraction of sp³-hybridized carbons (Fsp3) is 0.0833. The Morgan fingerprint density at radius 2 is 2.18 bits per heavy atom. The highest BCUT2D eigenvalue weighted by Crippen LogP contribution is 2.08. The van der Waals surface area contributed by atoms with Gasteiger partial charge in [0.25, 0.3) is 0 Å². The molecule has 0 spiro atoms. The summed E-state index contributed by atoms with van der Waals surface area (Å²) in [5.41, 5.74) is 7.78. The molecule has 1 heterocycles. The molecule has 0 atom stereocenters. The van der Waals surface area contributed by atoms with Crippen molar-refractivity contribution in [2.24, 2.45) is 0 Å². The summed E-state index contributed by atoms with van der Waals surface area (Å²) >= 11 is 0. The van der Waals surface area contributed by atoms with Gasteiger partial charge in [-0.25, -0.2) is 9.97 Å². The second kappa shape index (κ2) is 4.94. The van der Waals surface area contributed by atoms with Crippen LogP contribution in [0.2, 0.25) is 0 Å². The van der Waals surface area contributed by atoms with Crippen molar-refractivity contribution >= 4 is 11.5 Å². The number of nitrogens with zero attached hydrogens (tertiary/aromatic N) is 3. The Balaban J connectivity index is 2.00. The zero-order valence-corrected chi connectivity index (χ0v) is 9.09. The first kappa shape index (κ1) is 10.9. The summed E-state index contributed by atoms with van der Waals surface area (Å²) in [6, 6.07) is 9.52. The third kappa shape index (κ3) is 2.92. The molecule has 0 aliphatic rings. The summed E-state index contributed by atoms with van der Waals surface area (Å²) in [5, 5.41) is 11.7. The molecule has 0 aliphatic carbocycles. The highest BCUT2D eigenvalue weighted by atomic mass is 15.0. The Labute approximate surface area is 98.9 Å². The predicted molar refractivity (Wildman–Crippen MR) is 64.9 cm³/mol. The van der Waals surface area contributed by atoms with Crippen LogP contribution in [-0.4, -0.2) is 9.97 Å². The molecule has 0 aliphatic heterocycles. The van der Waals surface area contributed by atoms with E-state index in [0.717, 1.165) is 11.3 Å². The van der Waals surface area contributed by atoms with Crippen molar-refractivity contribution < 1.29 is 0 Å². The Morgan fingerprint density at radius 3 is 2.82 bits per heavy atom. The topological polar surface area (TPSA) is 87.6 Å². The number of anilines is 2. The van der Waals surface area contributed by atoms with E-state index in [0.29, 0.717) is 18.1 Å². The minimum atomic E-state index is 0.305. The van der Waals surface area contributed by atoms with E-state index in [2.05, 4.69) is 15.3 Å². The normalized spacial score (nSPS) is 9.59. The van der Waals surface area contributed by atoms with Gasteiger partial charge in [-0.2, -0.15) is 5.26 Å². The number of nitrogens with one attached hydrogen (secondary N) is 1. The van der Waals surface area contributed by atoms with Crippen molar-refractivity contribution in [3.05, 3.63) is 47.9 Å². The number of nitrogen functional groups attached to an aromatic ring is 1. The van der Waals surface area contributed by atoms with Gasteiger partial charge < -0.3 is 11.1 Å². The minimum absolute atomic E-state index is 0.305. The molecule has 2 aromatic rings. The van der Waals surface area contributed by atoms with Crippen LogP contribution in [0.1, 0.15) is 11.3 Å². The molecule has 1 aromatic heterocycles. The van der Waals surface area contributed by atoms with Crippen LogP contribution in [0.3, 0.4) is 0 Å². The van der Waals surface area contributed by atoms with Crippen LogP contribution in [-0.2, 0) is 6.54 Å². The number of rotatable bonds is 3. The molecule has 0 radical (unpaired) electrons. The lowest BCUT2D eigenvalue weighted by atomic mass is 10.2. The predicted octanol–water partition coefficient (Wildman–Crippen LogP) is 1.54. The molecule has 0 saturated carbocycles. The van der Waals surface area contributed by atoms with E-state index in [9.17, 15) is 0 Å². The zero-order chi connectivity index (χ0) is 12.1. The number of nitrogens with two attached hydrogens (primary N) is 1. The molecule has 0 saturated heterocycles. The maximum absolute atomic E-state index is 8.58. The lowest BCUT2D eigenvalue weighted by Crippen LogP contribution is -2.02. The maximum atomic E-state index is 8.58. The van der Waals surface area contributed by atoms with E-state index in [1.54, 1.807) is 0 Å². The second-order valence-electron chi connectivity index (χ2n) is 3.50. The van der Waals surface area contributed by atoms with Crippen molar-refractivity contribution in [2.45, 2.75) is 6.54 Å². The van der Waals surface area contributed by atoms with E-state index in [-0.39, 0.29) is 0 Å². The van der Waals surface area contributed by atoms with Gasteiger partial charge in [-0.1, -0.05) is 12.1 Å². The minimum Gasteiger partial charge on any atom is -0.399 e. The van der Waals surface area contributed by atoms with Gasteiger partial charge in [0.2, 0.25) is 0 Å². The number of aromatic nitrogens is 2. The molecule has 0 bridgehead atoms. The largest absolute Gasteiger partial charge is 0.399 e. The zero-order valence-electron chi connectivity index (χ0n) is 9.09. The summed E-state index contributed by atoms with van der Waals surface area (Å²) < 4.78 is 0. The van der Waals surface area contributed by atoms with Gasteiger partial charge in [-0.05, 0) is 17.7 Å². The molecule has 0 fully saturated rings. The first-order chi connectivity index (χ1) is 8.28. The van der Waals surface area contributed by atoms with Crippen LogP contribution in [0.15, 0.2) is 36.7 Å². The Bertz CT molecular complexity index is 542. The number of hydrogen-bond acceptors (Lipinski definition) is 5. The molecule has 84 valence electrons. The van der Waals surface area contributed by atoms with Crippen LogP contribution < -0.4 is 11.1 Å². The fourth-order valence-corrected chi connectivity index (χ4v) is 1.37. The van der Waals surface area contributed by atoms with E-state index < -0.39 is 0 Å². The van der Waals surface area contributed by atoms with Gasteiger partial charge in [0.05, 0.1) is 12.4 Å².